The lowest BCUT2D eigenvalue weighted by atomic mass is 10.1. The molecular weight excluding hydrogens is 254 g/mol. The highest BCUT2D eigenvalue weighted by molar-refractivity contribution is 5.84. The monoisotopic (exact) mass is 271 g/mol. The van der Waals surface area contributed by atoms with Gasteiger partial charge in [-0.25, -0.2) is 14.8 Å². The molecule has 2 N–H and O–H groups in total. The normalized spacial score (nSPS) is 11.8. The van der Waals surface area contributed by atoms with Crippen molar-refractivity contribution >= 4 is 11.8 Å². The number of hydrogen-bond donors (Lipinski definition) is 2. The lowest BCUT2D eigenvalue weighted by Crippen LogP contribution is -2.17. The SMILES string of the molecule is CC(CCc1ccccc1)Nc1cnc(C(=O)O)cn1. The van der Waals surface area contributed by atoms with Crippen LogP contribution in [-0.2, 0) is 6.42 Å². The molecule has 0 bridgehead atoms. The number of carboxylic acid groups (broad SMARTS) is 1. The predicted molar refractivity (Wildman–Crippen MR) is 76.8 cm³/mol. The smallest absolute Gasteiger partial charge is 0.356 e. The maximum atomic E-state index is 10.7. The molecule has 1 heterocycles. The topological polar surface area (TPSA) is 75.1 Å². The van der Waals surface area contributed by atoms with Gasteiger partial charge in [-0.3, -0.25) is 0 Å². The first-order chi connectivity index (χ1) is 9.65. The van der Waals surface area contributed by atoms with Crippen LogP contribution in [0.4, 0.5) is 5.82 Å². The fourth-order valence-corrected chi connectivity index (χ4v) is 1.87. The molecule has 0 saturated carbocycles. The van der Waals surface area contributed by atoms with E-state index in [0.717, 1.165) is 12.8 Å². The van der Waals surface area contributed by atoms with E-state index in [2.05, 4.69) is 34.3 Å². The van der Waals surface area contributed by atoms with Crippen molar-refractivity contribution in [2.75, 3.05) is 5.32 Å². The van der Waals surface area contributed by atoms with Crippen molar-refractivity contribution in [3.8, 4) is 0 Å². The van der Waals surface area contributed by atoms with Crippen molar-refractivity contribution in [3.05, 3.63) is 54.0 Å². The molecule has 0 aliphatic carbocycles. The van der Waals surface area contributed by atoms with Crippen molar-refractivity contribution in [2.45, 2.75) is 25.8 Å². The molecule has 0 aliphatic rings. The van der Waals surface area contributed by atoms with Crippen molar-refractivity contribution in [1.82, 2.24) is 9.97 Å². The number of anilines is 1. The Balaban J connectivity index is 1.85. The van der Waals surface area contributed by atoms with E-state index in [-0.39, 0.29) is 11.7 Å². The second-order valence-electron chi connectivity index (χ2n) is 4.66. The van der Waals surface area contributed by atoms with Gasteiger partial charge in [-0.15, -0.1) is 0 Å². The average Bonchev–Trinajstić information content (AvgIpc) is 2.47. The van der Waals surface area contributed by atoms with Crippen LogP contribution in [-0.4, -0.2) is 27.1 Å². The van der Waals surface area contributed by atoms with E-state index in [4.69, 9.17) is 5.11 Å². The molecule has 1 aromatic heterocycles. The van der Waals surface area contributed by atoms with Crippen LogP contribution in [0.25, 0.3) is 0 Å². The Morgan fingerprint density at radius 2 is 2.00 bits per heavy atom. The number of nitrogens with one attached hydrogen (secondary N) is 1. The zero-order valence-electron chi connectivity index (χ0n) is 11.3. The number of aromatic nitrogens is 2. The van der Waals surface area contributed by atoms with E-state index in [1.165, 1.54) is 18.0 Å². The molecule has 1 atom stereocenters. The van der Waals surface area contributed by atoms with E-state index in [9.17, 15) is 4.79 Å². The Morgan fingerprint density at radius 1 is 1.25 bits per heavy atom. The lowest BCUT2D eigenvalue weighted by molar-refractivity contribution is 0.0690. The van der Waals surface area contributed by atoms with Gasteiger partial charge in [-0.05, 0) is 25.3 Å². The molecular formula is C15H17N3O2. The minimum atomic E-state index is -1.07. The van der Waals surface area contributed by atoms with Gasteiger partial charge in [-0.1, -0.05) is 30.3 Å². The summed E-state index contributed by atoms with van der Waals surface area (Å²) in [6.45, 7) is 2.07. The summed E-state index contributed by atoms with van der Waals surface area (Å²) in [6.07, 6.45) is 4.65. The van der Waals surface area contributed by atoms with Gasteiger partial charge < -0.3 is 10.4 Å². The van der Waals surface area contributed by atoms with E-state index in [0.29, 0.717) is 5.82 Å². The predicted octanol–water partition coefficient (Wildman–Crippen LogP) is 2.61. The van der Waals surface area contributed by atoms with E-state index in [1.54, 1.807) is 0 Å². The third kappa shape index (κ3) is 4.05. The first-order valence-corrected chi connectivity index (χ1v) is 6.51. The van der Waals surface area contributed by atoms with Gasteiger partial charge in [0.25, 0.3) is 0 Å². The van der Waals surface area contributed by atoms with Gasteiger partial charge >= 0.3 is 5.97 Å². The van der Waals surface area contributed by atoms with Crippen LogP contribution >= 0.6 is 0 Å². The fourth-order valence-electron chi connectivity index (χ4n) is 1.87. The molecule has 0 aliphatic heterocycles. The molecule has 0 spiro atoms. The van der Waals surface area contributed by atoms with Crippen LogP contribution < -0.4 is 5.32 Å². The Labute approximate surface area is 117 Å². The summed E-state index contributed by atoms with van der Waals surface area (Å²) in [6, 6.07) is 10.5. The number of benzene rings is 1. The molecule has 104 valence electrons. The summed E-state index contributed by atoms with van der Waals surface area (Å²) < 4.78 is 0. The van der Waals surface area contributed by atoms with Crippen molar-refractivity contribution in [1.29, 1.82) is 0 Å². The number of aromatic carboxylic acids is 1. The standard InChI is InChI=1S/C15H17N3O2/c1-11(7-8-12-5-3-2-4-6-12)18-14-10-16-13(9-17-14)15(19)20/h2-6,9-11H,7-8H2,1H3,(H,17,18)(H,19,20). The molecule has 1 aromatic carbocycles. The summed E-state index contributed by atoms with van der Waals surface area (Å²) in [5, 5.41) is 12.0. The van der Waals surface area contributed by atoms with Gasteiger partial charge in [-0.2, -0.15) is 0 Å². The summed E-state index contributed by atoms with van der Waals surface area (Å²) >= 11 is 0. The van der Waals surface area contributed by atoms with Crippen LogP contribution in [0.5, 0.6) is 0 Å². The Bertz CT molecular complexity index is 555. The van der Waals surface area contributed by atoms with Gasteiger partial charge in [0.1, 0.15) is 5.82 Å². The van der Waals surface area contributed by atoms with E-state index >= 15 is 0 Å². The Morgan fingerprint density at radius 3 is 2.60 bits per heavy atom. The Kier molecular flexibility index (Phi) is 4.65. The van der Waals surface area contributed by atoms with Crippen molar-refractivity contribution in [2.24, 2.45) is 0 Å². The summed E-state index contributed by atoms with van der Waals surface area (Å²) in [4.78, 5) is 18.5. The second kappa shape index (κ2) is 6.65. The third-order valence-corrected chi connectivity index (χ3v) is 2.97. The minimum Gasteiger partial charge on any atom is -0.476 e. The minimum absolute atomic E-state index is 0.0486. The van der Waals surface area contributed by atoms with Crippen LogP contribution in [0.1, 0.15) is 29.4 Å². The lowest BCUT2D eigenvalue weighted by Gasteiger charge is -2.14. The third-order valence-electron chi connectivity index (χ3n) is 2.97. The molecule has 20 heavy (non-hydrogen) atoms. The Hall–Kier alpha value is -2.43. The molecule has 0 radical (unpaired) electrons. The number of carboxylic acids is 1. The number of hydrogen-bond acceptors (Lipinski definition) is 4. The van der Waals surface area contributed by atoms with Gasteiger partial charge in [0.2, 0.25) is 0 Å². The molecule has 5 nitrogen and oxygen atoms in total. The highest BCUT2D eigenvalue weighted by Crippen LogP contribution is 2.09. The number of aryl methyl sites for hydroxylation is 1. The van der Waals surface area contributed by atoms with E-state index in [1.807, 2.05) is 18.2 Å². The zero-order chi connectivity index (χ0) is 14.4. The number of carbonyl (C=O) groups is 1. The maximum Gasteiger partial charge on any atom is 0.356 e. The molecule has 1 unspecified atom stereocenters. The van der Waals surface area contributed by atoms with Crippen molar-refractivity contribution < 1.29 is 9.90 Å². The molecule has 2 rings (SSSR count). The first-order valence-electron chi connectivity index (χ1n) is 6.51. The average molecular weight is 271 g/mol. The second-order valence-corrected chi connectivity index (χ2v) is 4.66. The van der Waals surface area contributed by atoms with Crippen LogP contribution in [0.15, 0.2) is 42.7 Å². The summed E-state index contributed by atoms with van der Waals surface area (Å²) in [7, 11) is 0. The van der Waals surface area contributed by atoms with Crippen LogP contribution in [0.2, 0.25) is 0 Å². The summed E-state index contributed by atoms with van der Waals surface area (Å²) in [5.74, 6) is -0.475. The molecule has 2 aromatic rings. The quantitative estimate of drug-likeness (QED) is 0.844. The van der Waals surface area contributed by atoms with Gasteiger partial charge in [0, 0.05) is 6.04 Å². The number of rotatable bonds is 6. The largest absolute Gasteiger partial charge is 0.476 e. The van der Waals surface area contributed by atoms with Gasteiger partial charge in [0.05, 0.1) is 12.4 Å². The van der Waals surface area contributed by atoms with Gasteiger partial charge in [0.15, 0.2) is 5.69 Å². The van der Waals surface area contributed by atoms with Crippen LogP contribution in [0, 0.1) is 0 Å². The fraction of sp³-hybridized carbons (Fsp3) is 0.267. The molecule has 5 heteroatoms. The molecule has 0 fully saturated rings. The molecule has 0 saturated heterocycles. The van der Waals surface area contributed by atoms with E-state index < -0.39 is 5.97 Å². The maximum absolute atomic E-state index is 10.7. The first kappa shape index (κ1) is 14.0. The number of nitrogens with zero attached hydrogens (tertiary/aromatic N) is 2. The van der Waals surface area contributed by atoms with Crippen molar-refractivity contribution in [3.63, 3.8) is 0 Å². The van der Waals surface area contributed by atoms with Crippen LogP contribution in [0.3, 0.4) is 0 Å². The molecule has 0 amide bonds. The zero-order valence-corrected chi connectivity index (χ0v) is 11.3. The summed E-state index contributed by atoms with van der Waals surface area (Å²) in [5.41, 5.74) is 1.25. The highest BCUT2D eigenvalue weighted by Gasteiger charge is 2.07. The highest BCUT2D eigenvalue weighted by atomic mass is 16.4.